The molecule has 106 valence electrons. The lowest BCUT2D eigenvalue weighted by Crippen LogP contribution is -2.51. The lowest BCUT2D eigenvalue weighted by atomic mass is 10.1. The maximum absolute atomic E-state index is 11.9. The molecule has 0 aliphatic carbocycles. The third-order valence-electron chi connectivity index (χ3n) is 3.29. The number of nitrogens with one attached hydrogen (secondary N) is 2. The number of ether oxygens (including phenoxy) is 1. The molecular weight excluding hydrogens is 244 g/mol. The van der Waals surface area contributed by atoms with Crippen LogP contribution in [0.3, 0.4) is 0 Å². The van der Waals surface area contributed by atoms with Crippen molar-refractivity contribution in [1.82, 2.24) is 20.2 Å². The van der Waals surface area contributed by atoms with Gasteiger partial charge >= 0.3 is 0 Å². The Balaban J connectivity index is 1.72. The highest BCUT2D eigenvalue weighted by Crippen LogP contribution is 2.03. The Kier molecular flexibility index (Phi) is 4.93. The van der Waals surface area contributed by atoms with Crippen LogP contribution in [-0.4, -0.2) is 47.8 Å². The molecule has 1 amide bonds. The monoisotopic (exact) mass is 266 g/mol. The smallest absolute Gasteiger partial charge is 0.239 e. The van der Waals surface area contributed by atoms with E-state index in [0.29, 0.717) is 25.7 Å². The molecule has 1 aromatic rings. The van der Waals surface area contributed by atoms with Gasteiger partial charge in [0.2, 0.25) is 5.91 Å². The lowest BCUT2D eigenvalue weighted by molar-refractivity contribution is -0.126. The second kappa shape index (κ2) is 6.68. The van der Waals surface area contributed by atoms with Crippen molar-refractivity contribution in [2.24, 2.45) is 5.92 Å². The van der Waals surface area contributed by atoms with E-state index in [1.807, 2.05) is 13.1 Å². The highest BCUT2D eigenvalue weighted by molar-refractivity contribution is 5.81. The molecule has 1 fully saturated rings. The predicted octanol–water partition coefficient (Wildman–Crippen LogP) is -0.0678. The first-order valence-electron chi connectivity index (χ1n) is 6.73. The maximum atomic E-state index is 11.9. The number of carbonyl (C=O) groups is 1. The Morgan fingerprint density at radius 1 is 1.74 bits per heavy atom. The predicted molar refractivity (Wildman–Crippen MR) is 71.7 cm³/mol. The molecule has 0 radical (unpaired) electrons. The van der Waals surface area contributed by atoms with E-state index in [-0.39, 0.29) is 11.9 Å². The maximum Gasteiger partial charge on any atom is 0.239 e. The molecule has 2 heterocycles. The van der Waals surface area contributed by atoms with Gasteiger partial charge in [0.25, 0.3) is 0 Å². The first-order chi connectivity index (χ1) is 9.16. The van der Waals surface area contributed by atoms with Gasteiger partial charge in [-0.3, -0.25) is 4.79 Å². The van der Waals surface area contributed by atoms with Crippen molar-refractivity contribution in [3.63, 3.8) is 0 Å². The SMILES string of the molecule is Cc1nccn1CC(C)CNC(=O)C1COCCN1. The van der Waals surface area contributed by atoms with Gasteiger partial charge in [0.05, 0.1) is 13.2 Å². The first kappa shape index (κ1) is 14.0. The first-order valence-corrected chi connectivity index (χ1v) is 6.73. The van der Waals surface area contributed by atoms with Gasteiger partial charge < -0.3 is 19.9 Å². The third-order valence-corrected chi connectivity index (χ3v) is 3.29. The van der Waals surface area contributed by atoms with Crippen molar-refractivity contribution >= 4 is 5.91 Å². The van der Waals surface area contributed by atoms with Crippen LogP contribution in [0.15, 0.2) is 12.4 Å². The number of morpholine rings is 1. The molecule has 0 spiro atoms. The number of carbonyl (C=O) groups excluding carboxylic acids is 1. The lowest BCUT2D eigenvalue weighted by Gasteiger charge is -2.23. The molecule has 1 aromatic heterocycles. The summed E-state index contributed by atoms with van der Waals surface area (Å²) < 4.78 is 7.37. The molecule has 1 saturated heterocycles. The molecule has 6 heteroatoms. The topological polar surface area (TPSA) is 68.2 Å². The zero-order valence-electron chi connectivity index (χ0n) is 11.6. The molecule has 2 unspecified atom stereocenters. The number of nitrogens with zero attached hydrogens (tertiary/aromatic N) is 2. The number of amides is 1. The molecule has 1 aliphatic heterocycles. The van der Waals surface area contributed by atoms with Crippen LogP contribution in [0.1, 0.15) is 12.7 Å². The summed E-state index contributed by atoms with van der Waals surface area (Å²) in [6.45, 7) is 7.50. The zero-order chi connectivity index (χ0) is 13.7. The van der Waals surface area contributed by atoms with Crippen LogP contribution in [0.4, 0.5) is 0 Å². The summed E-state index contributed by atoms with van der Waals surface area (Å²) in [4.78, 5) is 16.1. The van der Waals surface area contributed by atoms with E-state index in [0.717, 1.165) is 18.9 Å². The van der Waals surface area contributed by atoms with Crippen molar-refractivity contribution in [2.45, 2.75) is 26.4 Å². The Morgan fingerprint density at radius 3 is 3.21 bits per heavy atom. The van der Waals surface area contributed by atoms with Crippen molar-refractivity contribution in [3.05, 3.63) is 18.2 Å². The van der Waals surface area contributed by atoms with E-state index < -0.39 is 0 Å². The summed E-state index contributed by atoms with van der Waals surface area (Å²) in [6.07, 6.45) is 3.76. The Bertz CT molecular complexity index is 413. The van der Waals surface area contributed by atoms with Crippen LogP contribution in [0.2, 0.25) is 0 Å². The van der Waals surface area contributed by atoms with Crippen molar-refractivity contribution in [2.75, 3.05) is 26.3 Å². The quantitative estimate of drug-likeness (QED) is 0.783. The molecule has 0 bridgehead atoms. The Morgan fingerprint density at radius 2 is 2.58 bits per heavy atom. The standard InChI is InChI=1S/C13H22N4O2/c1-10(8-17-5-3-14-11(17)2)7-16-13(18)12-9-19-6-4-15-12/h3,5,10,12,15H,4,6-9H2,1-2H3,(H,16,18). The minimum absolute atomic E-state index is 0.0221. The molecule has 0 aromatic carbocycles. The number of hydrogen-bond donors (Lipinski definition) is 2. The Hall–Kier alpha value is -1.40. The van der Waals surface area contributed by atoms with Crippen LogP contribution in [0.5, 0.6) is 0 Å². The summed E-state index contributed by atoms with van der Waals surface area (Å²) in [6, 6.07) is -0.212. The minimum Gasteiger partial charge on any atom is -0.378 e. The number of aromatic nitrogens is 2. The summed E-state index contributed by atoms with van der Waals surface area (Å²) in [5, 5.41) is 6.11. The molecule has 0 saturated carbocycles. The van der Waals surface area contributed by atoms with Crippen molar-refractivity contribution in [3.8, 4) is 0 Å². The van der Waals surface area contributed by atoms with E-state index in [2.05, 4.69) is 27.1 Å². The molecule has 1 aliphatic rings. The molecular formula is C13H22N4O2. The van der Waals surface area contributed by atoms with Gasteiger partial charge in [0.15, 0.2) is 0 Å². The van der Waals surface area contributed by atoms with Crippen molar-refractivity contribution < 1.29 is 9.53 Å². The average molecular weight is 266 g/mol. The number of hydrogen-bond acceptors (Lipinski definition) is 4. The van der Waals surface area contributed by atoms with Crippen LogP contribution >= 0.6 is 0 Å². The highest BCUT2D eigenvalue weighted by atomic mass is 16.5. The molecule has 2 N–H and O–H groups in total. The fourth-order valence-electron chi connectivity index (χ4n) is 2.13. The highest BCUT2D eigenvalue weighted by Gasteiger charge is 2.21. The van der Waals surface area contributed by atoms with Crippen LogP contribution < -0.4 is 10.6 Å². The second-order valence-corrected chi connectivity index (χ2v) is 5.06. The summed E-state index contributed by atoms with van der Waals surface area (Å²) in [5.41, 5.74) is 0. The zero-order valence-corrected chi connectivity index (χ0v) is 11.6. The van der Waals surface area contributed by atoms with Gasteiger partial charge in [-0.25, -0.2) is 4.98 Å². The molecule has 19 heavy (non-hydrogen) atoms. The summed E-state index contributed by atoms with van der Waals surface area (Å²) in [7, 11) is 0. The number of imidazole rings is 1. The normalized spacial score (nSPS) is 21.1. The minimum atomic E-state index is -0.212. The summed E-state index contributed by atoms with van der Waals surface area (Å²) >= 11 is 0. The van der Waals surface area contributed by atoms with Gasteiger partial charge in [0.1, 0.15) is 11.9 Å². The number of rotatable bonds is 5. The molecule has 2 atom stereocenters. The summed E-state index contributed by atoms with van der Waals surface area (Å²) in [5.74, 6) is 1.38. The largest absolute Gasteiger partial charge is 0.378 e. The van der Waals surface area contributed by atoms with Gasteiger partial charge in [-0.1, -0.05) is 6.92 Å². The van der Waals surface area contributed by atoms with E-state index in [1.54, 1.807) is 6.20 Å². The van der Waals surface area contributed by atoms with Crippen LogP contribution in [0, 0.1) is 12.8 Å². The van der Waals surface area contributed by atoms with Gasteiger partial charge in [-0.15, -0.1) is 0 Å². The van der Waals surface area contributed by atoms with Gasteiger partial charge in [0, 0.05) is 32.0 Å². The van der Waals surface area contributed by atoms with E-state index in [9.17, 15) is 4.79 Å². The Labute approximate surface area is 113 Å². The van der Waals surface area contributed by atoms with E-state index >= 15 is 0 Å². The average Bonchev–Trinajstić information content (AvgIpc) is 2.82. The van der Waals surface area contributed by atoms with Crippen molar-refractivity contribution in [1.29, 1.82) is 0 Å². The van der Waals surface area contributed by atoms with Gasteiger partial charge in [-0.2, -0.15) is 0 Å². The fourth-order valence-corrected chi connectivity index (χ4v) is 2.13. The second-order valence-electron chi connectivity index (χ2n) is 5.06. The third kappa shape index (κ3) is 4.04. The van der Waals surface area contributed by atoms with E-state index in [4.69, 9.17) is 4.74 Å². The van der Waals surface area contributed by atoms with Crippen LogP contribution in [-0.2, 0) is 16.1 Å². The molecule has 6 nitrogen and oxygen atoms in total. The number of aryl methyl sites for hydroxylation is 1. The fraction of sp³-hybridized carbons (Fsp3) is 0.692. The van der Waals surface area contributed by atoms with Gasteiger partial charge in [-0.05, 0) is 12.8 Å². The molecule has 2 rings (SSSR count). The van der Waals surface area contributed by atoms with E-state index in [1.165, 1.54) is 0 Å². The van der Waals surface area contributed by atoms with Crippen LogP contribution in [0.25, 0.3) is 0 Å².